The molecule has 2 aromatic rings. The van der Waals surface area contributed by atoms with Gasteiger partial charge in [0.25, 0.3) is 0 Å². The van der Waals surface area contributed by atoms with E-state index in [0.717, 1.165) is 52.7 Å². The minimum absolute atomic E-state index is 0.00490. The lowest BCUT2D eigenvalue weighted by atomic mass is 9.69. The second kappa shape index (κ2) is 10.8. The van der Waals surface area contributed by atoms with Crippen LogP contribution < -0.4 is 14.2 Å². The van der Waals surface area contributed by atoms with Crippen LogP contribution in [-0.2, 0) is 14.3 Å². The summed E-state index contributed by atoms with van der Waals surface area (Å²) in [6, 6.07) is 11.6. The fourth-order valence-corrected chi connectivity index (χ4v) is 6.97. The van der Waals surface area contributed by atoms with Gasteiger partial charge < -0.3 is 18.9 Å². The first-order valence-electron chi connectivity index (χ1n) is 13.7. The van der Waals surface area contributed by atoms with Crippen LogP contribution in [0.4, 0.5) is 0 Å². The first kappa shape index (κ1) is 26.1. The zero-order valence-corrected chi connectivity index (χ0v) is 23.8. The molecule has 0 amide bonds. The maximum atomic E-state index is 14.0. The van der Waals surface area contributed by atoms with E-state index in [0.29, 0.717) is 35.6 Å². The largest absolute Gasteiger partial charge is 0.497 e. The molecular weight excluding hydrogens is 562 g/mol. The van der Waals surface area contributed by atoms with Gasteiger partial charge in [-0.3, -0.25) is 14.6 Å². The standard InChI is InChI=1S/C31H32BrNO6/c1-17-28(31(35)39-21-6-4-3-5-7-21)29(22-14-26-27(15-23(22)32)38-16-37-26)30-24(33-17)12-19(13-25(30)34)18-8-10-20(36-2)11-9-18/h8-11,14-15,19,21,28-29H,3-7,12-13,16H2,1-2H3/t19-,28?,29+/m1/s1. The average Bonchev–Trinajstić information content (AvgIpc) is 3.39. The first-order valence-corrected chi connectivity index (χ1v) is 14.5. The van der Waals surface area contributed by atoms with Crippen LogP contribution in [0.2, 0.25) is 0 Å². The molecule has 2 heterocycles. The highest BCUT2D eigenvalue weighted by atomic mass is 79.9. The maximum absolute atomic E-state index is 14.0. The molecule has 8 heteroatoms. The van der Waals surface area contributed by atoms with E-state index >= 15 is 0 Å². The van der Waals surface area contributed by atoms with Crippen molar-refractivity contribution in [3.05, 3.63) is 63.3 Å². The van der Waals surface area contributed by atoms with Crippen LogP contribution in [0.25, 0.3) is 0 Å². The summed E-state index contributed by atoms with van der Waals surface area (Å²) in [5.74, 6) is 0.508. The summed E-state index contributed by atoms with van der Waals surface area (Å²) in [4.78, 5) is 32.7. The van der Waals surface area contributed by atoms with Crippen molar-refractivity contribution in [1.82, 2.24) is 0 Å². The van der Waals surface area contributed by atoms with Crippen molar-refractivity contribution >= 4 is 33.4 Å². The fourth-order valence-electron chi connectivity index (χ4n) is 6.40. The summed E-state index contributed by atoms with van der Waals surface area (Å²) in [5, 5.41) is 0. The molecule has 2 aliphatic carbocycles. The lowest BCUT2D eigenvalue weighted by Crippen LogP contribution is -2.39. The minimum atomic E-state index is -0.691. The molecule has 7 nitrogen and oxygen atoms in total. The number of hydrogen-bond donors (Lipinski definition) is 0. The number of nitrogens with zero attached hydrogens (tertiary/aromatic N) is 1. The molecule has 0 aromatic heterocycles. The van der Waals surface area contributed by atoms with Gasteiger partial charge in [0.2, 0.25) is 6.79 Å². The van der Waals surface area contributed by atoms with E-state index in [2.05, 4.69) is 15.9 Å². The Labute approximate surface area is 236 Å². The third-order valence-electron chi connectivity index (χ3n) is 8.39. The van der Waals surface area contributed by atoms with Gasteiger partial charge in [0.1, 0.15) is 17.8 Å². The van der Waals surface area contributed by atoms with E-state index in [1.54, 1.807) is 7.11 Å². The highest BCUT2D eigenvalue weighted by molar-refractivity contribution is 9.10. The number of halogens is 1. The molecular formula is C31H32BrNO6. The topological polar surface area (TPSA) is 83.4 Å². The Kier molecular flexibility index (Phi) is 7.23. The van der Waals surface area contributed by atoms with Crippen molar-refractivity contribution in [1.29, 1.82) is 0 Å². The van der Waals surface area contributed by atoms with Gasteiger partial charge in [0.15, 0.2) is 17.3 Å². The predicted octanol–water partition coefficient (Wildman–Crippen LogP) is 6.64. The van der Waals surface area contributed by atoms with E-state index in [-0.39, 0.29) is 30.6 Å². The summed E-state index contributed by atoms with van der Waals surface area (Å²) in [7, 11) is 1.64. The molecule has 0 N–H and O–H groups in total. The Bertz CT molecular complexity index is 1360. The average molecular weight is 595 g/mol. The van der Waals surface area contributed by atoms with Crippen molar-refractivity contribution in [2.24, 2.45) is 10.9 Å². The third kappa shape index (κ3) is 4.99. The van der Waals surface area contributed by atoms with Crippen molar-refractivity contribution in [3.8, 4) is 17.2 Å². The van der Waals surface area contributed by atoms with Crippen LogP contribution in [-0.4, -0.2) is 37.5 Å². The quantitative estimate of drug-likeness (QED) is 0.361. The second-order valence-electron chi connectivity index (χ2n) is 10.8. The van der Waals surface area contributed by atoms with Gasteiger partial charge in [-0.2, -0.15) is 0 Å². The highest BCUT2D eigenvalue weighted by Gasteiger charge is 2.46. The van der Waals surface area contributed by atoms with Crippen molar-refractivity contribution in [3.63, 3.8) is 0 Å². The molecule has 0 saturated heterocycles. The number of carbonyl (C=O) groups is 2. The number of ether oxygens (including phenoxy) is 4. The van der Waals surface area contributed by atoms with Crippen LogP contribution >= 0.6 is 15.9 Å². The summed E-state index contributed by atoms with van der Waals surface area (Å²) >= 11 is 3.71. The number of methoxy groups -OCH3 is 1. The molecule has 0 bridgehead atoms. The SMILES string of the molecule is COc1ccc([C@H]2CC(=O)C3=C(C2)N=C(C)C(C(=O)OC2CCCCC2)[C@@H]3c2cc3c(cc2Br)OCO3)cc1. The van der Waals surface area contributed by atoms with Gasteiger partial charge in [-0.05, 0) is 80.3 Å². The Morgan fingerprint density at radius 1 is 1.03 bits per heavy atom. The zero-order valence-electron chi connectivity index (χ0n) is 22.2. The number of allylic oxidation sites excluding steroid dienone is 2. The van der Waals surface area contributed by atoms with Crippen molar-refractivity contribution in [2.75, 3.05) is 13.9 Å². The Hall–Kier alpha value is -3.13. The molecule has 2 aromatic carbocycles. The van der Waals surface area contributed by atoms with Crippen LogP contribution in [0.1, 0.15) is 74.8 Å². The minimum Gasteiger partial charge on any atom is -0.497 e. The Balaban J connectivity index is 1.40. The molecule has 1 unspecified atom stereocenters. The van der Waals surface area contributed by atoms with E-state index < -0.39 is 11.8 Å². The molecule has 204 valence electrons. The van der Waals surface area contributed by atoms with Gasteiger partial charge in [0.05, 0.1) is 7.11 Å². The van der Waals surface area contributed by atoms with E-state index in [1.165, 1.54) is 6.42 Å². The van der Waals surface area contributed by atoms with Gasteiger partial charge in [-0.15, -0.1) is 0 Å². The number of fused-ring (bicyclic) bond motifs is 1. The molecule has 39 heavy (non-hydrogen) atoms. The van der Waals surface area contributed by atoms with Gasteiger partial charge in [-0.25, -0.2) is 0 Å². The molecule has 3 atom stereocenters. The lowest BCUT2D eigenvalue weighted by molar-refractivity contribution is -0.153. The number of Topliss-reactive ketones (excluding diaryl/α,β-unsaturated/α-hetero) is 1. The van der Waals surface area contributed by atoms with E-state index in [1.807, 2.05) is 43.3 Å². The predicted molar refractivity (Wildman–Crippen MR) is 150 cm³/mol. The molecule has 2 aliphatic heterocycles. The van der Waals surface area contributed by atoms with Crippen LogP contribution in [0.5, 0.6) is 17.2 Å². The molecule has 0 spiro atoms. The number of carbonyl (C=O) groups excluding carboxylic acids is 2. The zero-order chi connectivity index (χ0) is 27.1. The van der Waals surface area contributed by atoms with Crippen molar-refractivity contribution < 1.29 is 28.5 Å². The molecule has 6 rings (SSSR count). The molecule has 1 saturated carbocycles. The molecule has 0 radical (unpaired) electrons. The number of ketones is 1. The normalized spacial score (nSPS) is 24.7. The monoisotopic (exact) mass is 593 g/mol. The van der Waals surface area contributed by atoms with E-state index in [9.17, 15) is 9.59 Å². The van der Waals surface area contributed by atoms with Gasteiger partial charge in [-0.1, -0.05) is 34.5 Å². The van der Waals surface area contributed by atoms with Crippen molar-refractivity contribution in [2.45, 2.75) is 69.8 Å². The second-order valence-corrected chi connectivity index (χ2v) is 11.6. The highest BCUT2D eigenvalue weighted by Crippen LogP contribution is 2.50. The first-order chi connectivity index (χ1) is 18.9. The number of rotatable bonds is 5. The van der Waals surface area contributed by atoms with Crippen LogP contribution in [0.15, 0.2) is 57.1 Å². The summed E-state index contributed by atoms with van der Waals surface area (Å²) in [6.07, 6.45) is 5.94. The number of aliphatic imine (C=N–C) groups is 1. The lowest BCUT2D eigenvalue weighted by Gasteiger charge is -2.37. The Morgan fingerprint density at radius 3 is 2.46 bits per heavy atom. The van der Waals surface area contributed by atoms with Gasteiger partial charge >= 0.3 is 5.97 Å². The maximum Gasteiger partial charge on any atom is 0.315 e. The number of esters is 1. The molecule has 1 fully saturated rings. The Morgan fingerprint density at radius 2 is 1.74 bits per heavy atom. The van der Waals surface area contributed by atoms with Crippen LogP contribution in [0.3, 0.4) is 0 Å². The van der Waals surface area contributed by atoms with E-state index in [4.69, 9.17) is 23.9 Å². The van der Waals surface area contributed by atoms with Gasteiger partial charge in [0, 0.05) is 33.8 Å². The third-order valence-corrected chi connectivity index (χ3v) is 9.08. The van der Waals surface area contributed by atoms with Crippen LogP contribution in [0, 0.1) is 5.92 Å². The number of hydrogen-bond acceptors (Lipinski definition) is 7. The number of benzene rings is 2. The summed E-state index contributed by atoms with van der Waals surface area (Å²) in [5.41, 5.74) is 3.91. The summed E-state index contributed by atoms with van der Waals surface area (Å²) < 4.78 is 23.4. The molecule has 4 aliphatic rings. The summed E-state index contributed by atoms with van der Waals surface area (Å²) in [6.45, 7) is 2.02. The fraction of sp³-hybridized carbons (Fsp3) is 0.452. The smallest absolute Gasteiger partial charge is 0.315 e.